The monoisotopic (exact) mass is 237 g/mol. The summed E-state index contributed by atoms with van der Waals surface area (Å²) in [5.41, 5.74) is 0. The van der Waals surface area contributed by atoms with E-state index in [1.807, 2.05) is 0 Å². The maximum atomic E-state index is 5.45. The fourth-order valence-corrected chi connectivity index (χ4v) is 2.38. The van der Waals surface area contributed by atoms with Crippen LogP contribution in [0, 0.1) is 0 Å². The number of aromatic nitrogens is 3. The van der Waals surface area contributed by atoms with Gasteiger partial charge in [0.15, 0.2) is 5.82 Å². The van der Waals surface area contributed by atoms with E-state index in [-0.39, 0.29) is 0 Å². The highest BCUT2D eigenvalue weighted by atomic mass is 16.5. The van der Waals surface area contributed by atoms with Crippen LogP contribution in [0.25, 0.3) is 0 Å². The molecule has 1 N–H and O–H groups in total. The number of aromatic amines is 1. The Morgan fingerprint density at radius 3 is 2.82 bits per heavy atom. The Balaban J connectivity index is 1.78. The molecule has 0 atom stereocenters. The second-order valence-corrected chi connectivity index (χ2v) is 4.84. The van der Waals surface area contributed by atoms with Gasteiger partial charge in [0.2, 0.25) is 0 Å². The molecule has 0 spiro atoms. The Bertz CT molecular complexity index is 318. The van der Waals surface area contributed by atoms with Crippen LogP contribution >= 0.6 is 0 Å². The number of nitrogens with one attached hydrogen (secondary N) is 1. The Kier molecular flexibility index (Phi) is 4.98. The number of rotatable bonds is 6. The van der Waals surface area contributed by atoms with Crippen molar-refractivity contribution in [2.24, 2.45) is 0 Å². The molecule has 1 heterocycles. The van der Waals surface area contributed by atoms with Gasteiger partial charge in [-0.1, -0.05) is 26.2 Å². The smallest absolute Gasteiger partial charge is 0.153 e. The lowest BCUT2D eigenvalue weighted by atomic mass is 9.89. The molecule has 1 aliphatic rings. The van der Waals surface area contributed by atoms with E-state index in [1.165, 1.54) is 32.1 Å². The number of H-pyrrole nitrogens is 1. The van der Waals surface area contributed by atoms with Crippen molar-refractivity contribution in [1.29, 1.82) is 0 Å². The van der Waals surface area contributed by atoms with Crippen molar-refractivity contribution < 1.29 is 4.74 Å². The summed E-state index contributed by atoms with van der Waals surface area (Å²) in [6.45, 7) is 3.70. The summed E-state index contributed by atoms with van der Waals surface area (Å²) in [5, 5.41) is 7.39. The summed E-state index contributed by atoms with van der Waals surface area (Å²) in [6, 6.07) is 0. The molecule has 4 heteroatoms. The summed E-state index contributed by atoms with van der Waals surface area (Å²) in [4.78, 5) is 4.58. The molecule has 17 heavy (non-hydrogen) atoms. The van der Waals surface area contributed by atoms with E-state index in [2.05, 4.69) is 22.1 Å². The van der Waals surface area contributed by atoms with Crippen molar-refractivity contribution >= 4 is 0 Å². The normalized spacial score (nSPS) is 17.5. The Morgan fingerprint density at radius 2 is 2.06 bits per heavy atom. The maximum absolute atomic E-state index is 5.45. The fraction of sp³-hybridized carbons (Fsp3) is 0.846. The fourth-order valence-electron chi connectivity index (χ4n) is 2.38. The predicted molar refractivity (Wildman–Crippen MR) is 67.0 cm³/mol. The molecule has 0 saturated heterocycles. The third-order valence-corrected chi connectivity index (χ3v) is 3.35. The standard InChI is InChI=1S/C13H23N3O/c1-2-9-17-10-8-12-14-13(16-15-12)11-6-4-3-5-7-11/h11H,2-10H2,1H3,(H,14,15,16). The van der Waals surface area contributed by atoms with Gasteiger partial charge in [-0.25, -0.2) is 4.98 Å². The van der Waals surface area contributed by atoms with Crippen LogP contribution in [0.2, 0.25) is 0 Å². The summed E-state index contributed by atoms with van der Waals surface area (Å²) in [5.74, 6) is 2.59. The third-order valence-electron chi connectivity index (χ3n) is 3.35. The average molecular weight is 237 g/mol. The second-order valence-electron chi connectivity index (χ2n) is 4.84. The first-order valence-corrected chi connectivity index (χ1v) is 6.89. The molecule has 0 unspecified atom stereocenters. The van der Waals surface area contributed by atoms with Crippen LogP contribution in [0.4, 0.5) is 0 Å². The van der Waals surface area contributed by atoms with Gasteiger partial charge in [0, 0.05) is 18.9 Å². The summed E-state index contributed by atoms with van der Waals surface area (Å²) < 4.78 is 5.45. The summed E-state index contributed by atoms with van der Waals surface area (Å²) in [6.07, 6.45) is 8.46. The highest BCUT2D eigenvalue weighted by molar-refractivity contribution is 4.99. The zero-order valence-electron chi connectivity index (χ0n) is 10.7. The van der Waals surface area contributed by atoms with E-state index < -0.39 is 0 Å². The minimum Gasteiger partial charge on any atom is -0.381 e. The van der Waals surface area contributed by atoms with Gasteiger partial charge in [0.25, 0.3) is 0 Å². The number of hydrogen-bond acceptors (Lipinski definition) is 3. The maximum Gasteiger partial charge on any atom is 0.153 e. The minimum atomic E-state index is 0.588. The molecule has 96 valence electrons. The molecular weight excluding hydrogens is 214 g/mol. The van der Waals surface area contributed by atoms with Crippen molar-refractivity contribution in [1.82, 2.24) is 15.2 Å². The first kappa shape index (κ1) is 12.6. The Labute approximate surface area is 103 Å². The lowest BCUT2D eigenvalue weighted by Crippen LogP contribution is -2.06. The van der Waals surface area contributed by atoms with Gasteiger partial charge in [-0.05, 0) is 19.3 Å². The molecule has 1 aromatic heterocycles. The number of nitrogens with zero attached hydrogens (tertiary/aromatic N) is 2. The van der Waals surface area contributed by atoms with Crippen molar-refractivity contribution in [3.63, 3.8) is 0 Å². The van der Waals surface area contributed by atoms with Crippen LogP contribution in [0.15, 0.2) is 0 Å². The zero-order chi connectivity index (χ0) is 11.9. The molecule has 0 aliphatic heterocycles. The summed E-state index contributed by atoms with van der Waals surface area (Å²) in [7, 11) is 0. The number of ether oxygens (including phenoxy) is 1. The van der Waals surface area contributed by atoms with Crippen LogP contribution in [0.1, 0.15) is 63.0 Å². The predicted octanol–water partition coefficient (Wildman–Crippen LogP) is 2.82. The Morgan fingerprint density at radius 1 is 1.24 bits per heavy atom. The van der Waals surface area contributed by atoms with Crippen LogP contribution in [-0.2, 0) is 11.2 Å². The van der Waals surface area contributed by atoms with Crippen molar-refractivity contribution in [2.75, 3.05) is 13.2 Å². The van der Waals surface area contributed by atoms with E-state index in [0.717, 1.165) is 37.7 Å². The molecule has 1 fully saturated rings. The molecule has 1 aromatic rings. The molecule has 4 nitrogen and oxygen atoms in total. The average Bonchev–Trinajstić information content (AvgIpc) is 2.85. The molecule has 0 aromatic carbocycles. The van der Waals surface area contributed by atoms with E-state index in [4.69, 9.17) is 4.74 Å². The van der Waals surface area contributed by atoms with Gasteiger partial charge in [0.1, 0.15) is 5.82 Å². The van der Waals surface area contributed by atoms with Crippen LogP contribution in [0.3, 0.4) is 0 Å². The molecule has 1 saturated carbocycles. The van der Waals surface area contributed by atoms with Gasteiger partial charge < -0.3 is 4.74 Å². The second kappa shape index (κ2) is 6.74. The van der Waals surface area contributed by atoms with Gasteiger partial charge in [-0.2, -0.15) is 5.10 Å². The molecule has 0 amide bonds. The zero-order valence-corrected chi connectivity index (χ0v) is 10.7. The molecular formula is C13H23N3O. The first-order chi connectivity index (χ1) is 8.40. The minimum absolute atomic E-state index is 0.588. The highest BCUT2D eigenvalue weighted by Gasteiger charge is 2.19. The Hall–Kier alpha value is -0.900. The lowest BCUT2D eigenvalue weighted by Gasteiger charge is -2.17. The van der Waals surface area contributed by atoms with Gasteiger partial charge >= 0.3 is 0 Å². The van der Waals surface area contributed by atoms with Crippen molar-refractivity contribution in [3.05, 3.63) is 11.6 Å². The molecule has 1 aliphatic carbocycles. The first-order valence-electron chi connectivity index (χ1n) is 6.89. The van der Waals surface area contributed by atoms with Crippen molar-refractivity contribution in [2.45, 2.75) is 57.8 Å². The largest absolute Gasteiger partial charge is 0.381 e. The molecule has 2 rings (SSSR count). The van der Waals surface area contributed by atoms with E-state index in [9.17, 15) is 0 Å². The quantitative estimate of drug-likeness (QED) is 0.774. The molecule has 0 bridgehead atoms. The van der Waals surface area contributed by atoms with Gasteiger partial charge in [-0.15, -0.1) is 0 Å². The van der Waals surface area contributed by atoms with Crippen LogP contribution in [-0.4, -0.2) is 28.4 Å². The third kappa shape index (κ3) is 3.80. The molecule has 0 radical (unpaired) electrons. The van der Waals surface area contributed by atoms with Gasteiger partial charge in [-0.3, -0.25) is 5.10 Å². The van der Waals surface area contributed by atoms with Crippen molar-refractivity contribution in [3.8, 4) is 0 Å². The van der Waals surface area contributed by atoms with E-state index in [0.29, 0.717) is 5.92 Å². The topological polar surface area (TPSA) is 50.8 Å². The SMILES string of the molecule is CCCOCCc1nc(C2CCCCC2)n[nH]1. The summed E-state index contributed by atoms with van der Waals surface area (Å²) >= 11 is 0. The van der Waals surface area contributed by atoms with E-state index in [1.54, 1.807) is 0 Å². The van der Waals surface area contributed by atoms with Gasteiger partial charge in [0.05, 0.1) is 6.61 Å². The number of hydrogen-bond donors (Lipinski definition) is 1. The highest BCUT2D eigenvalue weighted by Crippen LogP contribution is 2.30. The van der Waals surface area contributed by atoms with E-state index >= 15 is 0 Å². The lowest BCUT2D eigenvalue weighted by molar-refractivity contribution is 0.136. The van der Waals surface area contributed by atoms with Crippen LogP contribution < -0.4 is 0 Å². The van der Waals surface area contributed by atoms with Crippen LogP contribution in [0.5, 0.6) is 0 Å².